The lowest BCUT2D eigenvalue weighted by molar-refractivity contribution is -0.150. The molecule has 0 bridgehead atoms. The molecule has 3 aromatic rings. The van der Waals surface area contributed by atoms with Crippen LogP contribution >= 0.6 is 0 Å². The van der Waals surface area contributed by atoms with E-state index in [2.05, 4.69) is 15.4 Å². The van der Waals surface area contributed by atoms with Gasteiger partial charge >= 0.3 is 0 Å². The van der Waals surface area contributed by atoms with Crippen LogP contribution in [-0.4, -0.2) is 57.0 Å². The molecule has 4 rings (SSSR count). The number of aliphatic hydroxyl groups is 1. The van der Waals surface area contributed by atoms with Gasteiger partial charge in [-0.05, 0) is 29.8 Å². The molecule has 2 aromatic heterocycles. The van der Waals surface area contributed by atoms with Gasteiger partial charge in [-0.25, -0.2) is 4.68 Å². The van der Waals surface area contributed by atoms with E-state index in [1.165, 1.54) is 4.90 Å². The van der Waals surface area contributed by atoms with Gasteiger partial charge in [0.05, 0.1) is 18.8 Å². The molecule has 31 heavy (non-hydrogen) atoms. The second-order valence-corrected chi connectivity index (χ2v) is 6.94. The first-order chi connectivity index (χ1) is 15.1. The van der Waals surface area contributed by atoms with E-state index in [9.17, 15) is 14.7 Å². The van der Waals surface area contributed by atoms with Crippen LogP contribution in [0.3, 0.4) is 0 Å². The van der Waals surface area contributed by atoms with Crippen molar-refractivity contribution in [1.29, 1.82) is 0 Å². The number of nitrogens with zero attached hydrogens (tertiary/aromatic N) is 4. The highest BCUT2D eigenvalue weighted by molar-refractivity contribution is 6.03. The minimum absolute atomic E-state index is 0.161. The van der Waals surface area contributed by atoms with E-state index in [-0.39, 0.29) is 13.2 Å². The molecule has 10 nitrogen and oxygen atoms in total. The lowest BCUT2D eigenvalue weighted by atomic mass is 10.1. The van der Waals surface area contributed by atoms with Gasteiger partial charge in [-0.2, -0.15) is 0 Å². The van der Waals surface area contributed by atoms with Crippen molar-refractivity contribution in [2.45, 2.75) is 18.8 Å². The smallest absolute Gasteiger partial charge is 0.260 e. The Labute approximate surface area is 178 Å². The number of amides is 2. The summed E-state index contributed by atoms with van der Waals surface area (Å²) < 4.78 is 7.04. The molecular weight excluding hydrogens is 400 g/mol. The Morgan fingerprint density at radius 1 is 1.23 bits per heavy atom. The first-order valence-electron chi connectivity index (χ1n) is 9.74. The lowest BCUT2D eigenvalue weighted by Crippen LogP contribution is -2.55. The maximum atomic E-state index is 12.9. The van der Waals surface area contributed by atoms with Crippen molar-refractivity contribution in [1.82, 2.24) is 14.8 Å². The molecule has 4 N–H and O–H groups in total. The number of anilines is 2. The fraction of sp³-hybridized carbons (Fsp3) is 0.238. The molecule has 1 aliphatic heterocycles. The van der Waals surface area contributed by atoms with E-state index in [0.29, 0.717) is 18.1 Å². The van der Waals surface area contributed by atoms with Crippen molar-refractivity contribution in [3.05, 3.63) is 66.6 Å². The van der Waals surface area contributed by atoms with Gasteiger partial charge in [-0.1, -0.05) is 12.1 Å². The SMILES string of the molecule is NCc1ccc(NC(=O)C(O)C2OCCN(c3ccn(-c4ccncc4)n3)C2=O)cc1. The maximum absolute atomic E-state index is 12.9. The van der Waals surface area contributed by atoms with Crippen molar-refractivity contribution < 1.29 is 19.4 Å². The molecule has 0 spiro atoms. The zero-order valence-corrected chi connectivity index (χ0v) is 16.6. The number of carbonyl (C=O) groups is 2. The van der Waals surface area contributed by atoms with Crippen LogP contribution in [0.5, 0.6) is 0 Å². The molecule has 1 aromatic carbocycles. The molecule has 1 fully saturated rings. The minimum Gasteiger partial charge on any atom is -0.380 e. The number of hydrogen-bond acceptors (Lipinski definition) is 7. The van der Waals surface area contributed by atoms with Crippen LogP contribution in [0.25, 0.3) is 5.69 Å². The molecule has 1 aliphatic rings. The summed E-state index contributed by atoms with van der Waals surface area (Å²) in [5, 5.41) is 17.5. The second-order valence-electron chi connectivity index (χ2n) is 6.94. The molecule has 10 heteroatoms. The van der Waals surface area contributed by atoms with E-state index >= 15 is 0 Å². The number of morpholine rings is 1. The molecule has 0 aliphatic carbocycles. The molecule has 2 amide bonds. The topological polar surface area (TPSA) is 136 Å². The number of nitrogens with one attached hydrogen (secondary N) is 1. The third-order valence-corrected chi connectivity index (χ3v) is 4.91. The van der Waals surface area contributed by atoms with Gasteiger partial charge in [0.25, 0.3) is 11.8 Å². The van der Waals surface area contributed by atoms with Gasteiger partial charge in [0.15, 0.2) is 18.0 Å². The molecular formula is C21H22N6O4. The van der Waals surface area contributed by atoms with Crippen LogP contribution < -0.4 is 16.0 Å². The number of rotatable bonds is 6. The fourth-order valence-corrected chi connectivity index (χ4v) is 3.24. The third kappa shape index (κ3) is 4.45. The summed E-state index contributed by atoms with van der Waals surface area (Å²) in [5.74, 6) is -0.865. The first-order valence-corrected chi connectivity index (χ1v) is 9.74. The normalized spacial score (nSPS) is 17.4. The van der Waals surface area contributed by atoms with Crippen LogP contribution in [0, 0.1) is 0 Å². The van der Waals surface area contributed by atoms with E-state index in [4.69, 9.17) is 10.5 Å². The van der Waals surface area contributed by atoms with Crippen LogP contribution in [-0.2, 0) is 20.9 Å². The van der Waals surface area contributed by atoms with Crippen molar-refractivity contribution >= 4 is 23.3 Å². The van der Waals surface area contributed by atoms with Crippen LogP contribution in [0.4, 0.5) is 11.5 Å². The predicted octanol–water partition coefficient (Wildman–Crippen LogP) is 0.457. The summed E-state index contributed by atoms with van der Waals surface area (Å²) in [6.07, 6.45) is 2.00. The zero-order chi connectivity index (χ0) is 21.8. The molecule has 160 valence electrons. The zero-order valence-electron chi connectivity index (χ0n) is 16.6. The molecule has 0 saturated carbocycles. The molecule has 1 saturated heterocycles. The average Bonchev–Trinajstić information content (AvgIpc) is 3.30. The number of aromatic nitrogens is 3. The molecule has 2 unspecified atom stereocenters. The van der Waals surface area contributed by atoms with Gasteiger partial charge in [-0.3, -0.25) is 19.5 Å². The summed E-state index contributed by atoms with van der Waals surface area (Å²) in [5.41, 5.74) is 7.74. The number of pyridine rings is 1. The van der Waals surface area contributed by atoms with Crippen molar-refractivity contribution in [2.24, 2.45) is 5.73 Å². The van der Waals surface area contributed by atoms with Crippen LogP contribution in [0.15, 0.2) is 61.1 Å². The first kappa shape index (κ1) is 20.7. The number of aliphatic hydroxyl groups excluding tert-OH is 1. The van der Waals surface area contributed by atoms with Gasteiger partial charge in [-0.15, -0.1) is 5.10 Å². The molecule has 0 radical (unpaired) electrons. The van der Waals surface area contributed by atoms with E-state index in [1.54, 1.807) is 65.7 Å². The summed E-state index contributed by atoms with van der Waals surface area (Å²) >= 11 is 0. The summed E-state index contributed by atoms with van der Waals surface area (Å²) in [6, 6.07) is 12.1. The van der Waals surface area contributed by atoms with Crippen molar-refractivity contribution in [3.8, 4) is 5.69 Å². The number of nitrogens with two attached hydrogens (primary N) is 1. The number of carbonyl (C=O) groups excluding carboxylic acids is 2. The molecule has 3 heterocycles. The van der Waals surface area contributed by atoms with Gasteiger partial charge < -0.3 is 20.9 Å². The van der Waals surface area contributed by atoms with Gasteiger partial charge in [0.2, 0.25) is 0 Å². The molecule has 2 atom stereocenters. The second kappa shape index (κ2) is 9.04. The number of benzene rings is 1. The summed E-state index contributed by atoms with van der Waals surface area (Å²) in [6.45, 7) is 0.805. The lowest BCUT2D eigenvalue weighted by Gasteiger charge is -2.32. The number of ether oxygens (including phenoxy) is 1. The largest absolute Gasteiger partial charge is 0.380 e. The minimum atomic E-state index is -1.67. The highest BCUT2D eigenvalue weighted by atomic mass is 16.5. The van der Waals surface area contributed by atoms with E-state index < -0.39 is 24.0 Å². The van der Waals surface area contributed by atoms with E-state index in [0.717, 1.165) is 11.3 Å². The highest BCUT2D eigenvalue weighted by Gasteiger charge is 2.40. The Morgan fingerprint density at radius 3 is 2.68 bits per heavy atom. The Bertz CT molecular complexity index is 1050. The van der Waals surface area contributed by atoms with Crippen LogP contribution in [0.2, 0.25) is 0 Å². The number of hydrogen-bond donors (Lipinski definition) is 3. The Kier molecular flexibility index (Phi) is 6.03. The van der Waals surface area contributed by atoms with E-state index in [1.807, 2.05) is 0 Å². The quantitative estimate of drug-likeness (QED) is 0.525. The third-order valence-electron chi connectivity index (χ3n) is 4.91. The van der Waals surface area contributed by atoms with Gasteiger partial charge in [0.1, 0.15) is 0 Å². The fourth-order valence-electron chi connectivity index (χ4n) is 3.24. The Balaban J connectivity index is 1.45. The van der Waals surface area contributed by atoms with Gasteiger partial charge in [0, 0.05) is 36.9 Å². The summed E-state index contributed by atoms with van der Waals surface area (Å²) in [4.78, 5) is 30.8. The average molecular weight is 422 g/mol. The monoisotopic (exact) mass is 422 g/mol. The Morgan fingerprint density at radius 2 is 1.97 bits per heavy atom. The Hall–Kier alpha value is -3.60. The van der Waals surface area contributed by atoms with Crippen molar-refractivity contribution in [2.75, 3.05) is 23.4 Å². The van der Waals surface area contributed by atoms with Crippen LogP contribution in [0.1, 0.15) is 5.56 Å². The standard InChI is InChI=1S/C21H22N6O4/c22-13-14-1-3-15(4-2-14)24-20(29)18(28)19-21(30)26(11-12-31-19)17-7-10-27(25-17)16-5-8-23-9-6-16/h1-10,18-19,28H,11-13,22H2,(H,24,29). The highest BCUT2D eigenvalue weighted by Crippen LogP contribution is 2.20. The maximum Gasteiger partial charge on any atom is 0.260 e. The van der Waals surface area contributed by atoms with Crippen molar-refractivity contribution in [3.63, 3.8) is 0 Å². The summed E-state index contributed by atoms with van der Waals surface area (Å²) in [7, 11) is 0. The predicted molar refractivity (Wildman–Crippen MR) is 112 cm³/mol.